The van der Waals surface area contributed by atoms with Crippen LogP contribution in [0, 0.1) is 0 Å². The molecule has 0 radical (unpaired) electrons. The van der Waals surface area contributed by atoms with Crippen molar-refractivity contribution >= 4 is 44.7 Å². The molecule has 19 heavy (non-hydrogen) atoms. The van der Waals surface area contributed by atoms with E-state index in [2.05, 4.69) is 20.6 Å². The second-order valence-electron chi connectivity index (χ2n) is 4.14. The molecule has 0 spiro atoms. The van der Waals surface area contributed by atoms with Crippen molar-refractivity contribution in [2.75, 3.05) is 10.6 Å². The van der Waals surface area contributed by atoms with E-state index in [0.29, 0.717) is 16.4 Å². The molecule has 92 valence electrons. The van der Waals surface area contributed by atoms with Crippen LogP contribution in [-0.4, -0.2) is 15.9 Å². The van der Waals surface area contributed by atoms with Crippen molar-refractivity contribution in [3.63, 3.8) is 0 Å². The smallest absolute Gasteiger partial charge is 0.268 e. The molecule has 0 saturated carbocycles. The molecule has 0 unspecified atom stereocenters. The number of pyridine rings is 2. The monoisotopic (exact) mass is 268 g/mol. The molecule has 6 heteroatoms. The largest absolute Gasteiger partial charge is 0.335 e. The summed E-state index contributed by atoms with van der Waals surface area (Å²) in [5, 5.41) is 6.07. The number of amides is 1. The molecule has 4 heterocycles. The molecule has 3 aromatic rings. The van der Waals surface area contributed by atoms with Gasteiger partial charge in [-0.15, -0.1) is 11.3 Å². The van der Waals surface area contributed by atoms with Crippen molar-refractivity contribution in [3.8, 4) is 0 Å². The molecule has 0 saturated heterocycles. The van der Waals surface area contributed by atoms with Gasteiger partial charge in [-0.1, -0.05) is 0 Å². The van der Waals surface area contributed by atoms with Crippen LogP contribution in [0.25, 0.3) is 10.2 Å². The minimum Gasteiger partial charge on any atom is -0.335 e. The Balaban J connectivity index is 2.01. The van der Waals surface area contributed by atoms with Gasteiger partial charge < -0.3 is 10.6 Å². The predicted molar refractivity (Wildman–Crippen MR) is 75.1 cm³/mol. The molecule has 5 nitrogen and oxygen atoms in total. The molecule has 0 fully saturated rings. The number of hydrogen-bond donors (Lipinski definition) is 2. The highest BCUT2D eigenvalue weighted by atomic mass is 32.1. The fourth-order valence-electron chi connectivity index (χ4n) is 2.11. The van der Waals surface area contributed by atoms with Gasteiger partial charge in [0, 0.05) is 12.4 Å². The fourth-order valence-corrected chi connectivity index (χ4v) is 3.12. The van der Waals surface area contributed by atoms with E-state index >= 15 is 0 Å². The molecular formula is C13H8N4OS. The average molecular weight is 268 g/mol. The zero-order valence-electron chi connectivity index (χ0n) is 9.68. The summed E-state index contributed by atoms with van der Waals surface area (Å²) in [6, 6.07) is 7.42. The maximum atomic E-state index is 12.2. The number of nitrogens with zero attached hydrogens (tertiary/aromatic N) is 2. The lowest BCUT2D eigenvalue weighted by Crippen LogP contribution is -2.08. The Morgan fingerprint density at radius 1 is 1.05 bits per heavy atom. The molecule has 4 rings (SSSR count). The lowest BCUT2D eigenvalue weighted by Gasteiger charge is -2.05. The van der Waals surface area contributed by atoms with Crippen molar-refractivity contribution in [2.24, 2.45) is 0 Å². The van der Waals surface area contributed by atoms with E-state index in [1.54, 1.807) is 18.5 Å². The fraction of sp³-hybridized carbons (Fsp3) is 0. The molecule has 3 aromatic heterocycles. The van der Waals surface area contributed by atoms with Crippen LogP contribution in [0.15, 0.2) is 36.7 Å². The first kappa shape index (κ1) is 10.5. The van der Waals surface area contributed by atoms with Crippen molar-refractivity contribution < 1.29 is 4.79 Å². The van der Waals surface area contributed by atoms with Crippen molar-refractivity contribution in [1.82, 2.24) is 9.97 Å². The minimum absolute atomic E-state index is 0.128. The first-order valence-electron chi connectivity index (χ1n) is 5.74. The first-order chi connectivity index (χ1) is 9.33. The summed E-state index contributed by atoms with van der Waals surface area (Å²) in [6.07, 6.45) is 3.41. The van der Waals surface area contributed by atoms with Gasteiger partial charge in [-0.2, -0.15) is 0 Å². The Morgan fingerprint density at radius 2 is 1.89 bits per heavy atom. The van der Waals surface area contributed by atoms with Crippen molar-refractivity contribution in [3.05, 3.63) is 41.5 Å². The molecule has 0 aliphatic carbocycles. The number of anilines is 3. The highest BCUT2D eigenvalue weighted by molar-refractivity contribution is 7.21. The van der Waals surface area contributed by atoms with Crippen LogP contribution in [0.2, 0.25) is 0 Å². The molecule has 1 aliphatic heterocycles. The first-order valence-corrected chi connectivity index (χ1v) is 6.55. The van der Waals surface area contributed by atoms with Crippen LogP contribution >= 0.6 is 11.3 Å². The van der Waals surface area contributed by atoms with E-state index < -0.39 is 0 Å². The molecule has 0 aromatic carbocycles. The second-order valence-corrected chi connectivity index (χ2v) is 5.19. The lowest BCUT2D eigenvalue weighted by atomic mass is 10.3. The minimum atomic E-state index is -0.128. The third-order valence-electron chi connectivity index (χ3n) is 2.95. The second kappa shape index (κ2) is 3.76. The van der Waals surface area contributed by atoms with E-state index in [1.807, 2.05) is 18.2 Å². The number of thiophene rings is 1. The van der Waals surface area contributed by atoms with E-state index in [4.69, 9.17) is 0 Å². The van der Waals surface area contributed by atoms with Gasteiger partial charge in [0.05, 0.1) is 16.1 Å². The quantitative estimate of drug-likeness (QED) is 0.657. The van der Waals surface area contributed by atoms with Crippen LogP contribution < -0.4 is 10.6 Å². The summed E-state index contributed by atoms with van der Waals surface area (Å²) in [7, 11) is 0. The zero-order chi connectivity index (χ0) is 12.8. The number of rotatable bonds is 0. The molecule has 2 N–H and O–H groups in total. The number of hydrogen-bond acceptors (Lipinski definition) is 5. The number of carbonyl (C=O) groups excluding carboxylic acids is 1. The summed E-state index contributed by atoms with van der Waals surface area (Å²) in [5.74, 6) is 0.511. The van der Waals surface area contributed by atoms with E-state index in [9.17, 15) is 4.79 Å². The van der Waals surface area contributed by atoms with Crippen molar-refractivity contribution in [2.45, 2.75) is 0 Å². The highest BCUT2D eigenvalue weighted by Gasteiger charge is 2.24. The summed E-state index contributed by atoms with van der Waals surface area (Å²) >= 11 is 1.43. The highest BCUT2D eigenvalue weighted by Crippen LogP contribution is 2.39. The SMILES string of the molecule is O=C1Nc2cccnc2Nc2c1sc1cccnc21. The zero-order valence-corrected chi connectivity index (χ0v) is 10.5. The van der Waals surface area contributed by atoms with Gasteiger partial charge in [0.15, 0.2) is 5.82 Å². The molecule has 0 atom stereocenters. The third kappa shape index (κ3) is 1.50. The predicted octanol–water partition coefficient (Wildman–Crippen LogP) is 3.00. The number of fused-ring (bicyclic) bond motifs is 4. The Bertz CT molecular complexity index is 811. The summed E-state index contributed by atoms with van der Waals surface area (Å²) in [4.78, 5) is 21.5. The summed E-state index contributed by atoms with van der Waals surface area (Å²) < 4.78 is 0.981. The topological polar surface area (TPSA) is 66.9 Å². The van der Waals surface area contributed by atoms with E-state index in [0.717, 1.165) is 15.9 Å². The molecular weight excluding hydrogens is 260 g/mol. The van der Waals surface area contributed by atoms with E-state index in [-0.39, 0.29) is 5.91 Å². The summed E-state index contributed by atoms with van der Waals surface area (Å²) in [5.41, 5.74) is 2.21. The Hall–Kier alpha value is -2.47. The van der Waals surface area contributed by atoms with Gasteiger partial charge in [0.25, 0.3) is 5.91 Å². The van der Waals surface area contributed by atoms with Crippen LogP contribution in [0.4, 0.5) is 17.2 Å². The third-order valence-corrected chi connectivity index (χ3v) is 4.10. The maximum Gasteiger partial charge on any atom is 0.268 e. The van der Waals surface area contributed by atoms with Crippen LogP contribution in [0.3, 0.4) is 0 Å². The van der Waals surface area contributed by atoms with E-state index in [1.165, 1.54) is 11.3 Å². The van der Waals surface area contributed by atoms with Gasteiger partial charge in [0.2, 0.25) is 0 Å². The Labute approximate surface area is 112 Å². The van der Waals surface area contributed by atoms with Crippen molar-refractivity contribution in [1.29, 1.82) is 0 Å². The molecule has 1 aliphatic rings. The van der Waals surface area contributed by atoms with Gasteiger partial charge >= 0.3 is 0 Å². The standard InChI is InChI=1S/C13H8N4OS/c18-13-11-10(9-8(19-11)4-2-5-14-9)17-12-7(16-13)3-1-6-15-12/h1-6H,(H,15,17)(H,16,18). The van der Waals surface area contributed by atoms with Gasteiger partial charge in [0.1, 0.15) is 10.4 Å². The molecule has 1 amide bonds. The van der Waals surface area contributed by atoms with Crippen LogP contribution in [0.1, 0.15) is 9.67 Å². The number of nitrogens with one attached hydrogen (secondary N) is 2. The average Bonchev–Trinajstić information content (AvgIpc) is 2.73. The maximum absolute atomic E-state index is 12.2. The van der Waals surface area contributed by atoms with Crippen LogP contribution in [-0.2, 0) is 0 Å². The van der Waals surface area contributed by atoms with Crippen LogP contribution in [0.5, 0.6) is 0 Å². The number of aromatic nitrogens is 2. The van der Waals surface area contributed by atoms with Gasteiger partial charge in [-0.3, -0.25) is 9.78 Å². The number of carbonyl (C=O) groups is 1. The molecule has 0 bridgehead atoms. The normalized spacial score (nSPS) is 13.2. The Morgan fingerprint density at radius 3 is 2.84 bits per heavy atom. The summed E-state index contributed by atoms with van der Waals surface area (Å²) in [6.45, 7) is 0. The van der Waals surface area contributed by atoms with Gasteiger partial charge in [-0.05, 0) is 24.3 Å². The lowest BCUT2D eigenvalue weighted by molar-refractivity contribution is 0.103. The van der Waals surface area contributed by atoms with Gasteiger partial charge in [-0.25, -0.2) is 4.98 Å². The Kier molecular flexibility index (Phi) is 2.07.